The number of rotatable bonds is 5. The zero-order valence-electron chi connectivity index (χ0n) is 14.9. The predicted octanol–water partition coefficient (Wildman–Crippen LogP) is 2.79. The van der Waals surface area contributed by atoms with E-state index in [1.165, 1.54) is 12.1 Å². The maximum Gasteiger partial charge on any atom is 0.228 e. The third-order valence-corrected chi connectivity index (χ3v) is 4.92. The van der Waals surface area contributed by atoms with Crippen molar-refractivity contribution in [2.75, 3.05) is 13.6 Å². The minimum absolute atomic E-state index is 0.0307. The highest BCUT2D eigenvalue weighted by Crippen LogP contribution is 2.26. The number of hydrogen-bond donors (Lipinski definition) is 0. The van der Waals surface area contributed by atoms with Crippen LogP contribution in [0, 0.1) is 11.7 Å². The first kappa shape index (κ1) is 18.0. The molecule has 6 heteroatoms. The van der Waals surface area contributed by atoms with Crippen LogP contribution in [0.5, 0.6) is 0 Å². The Bertz CT molecular complexity index is 779. The smallest absolute Gasteiger partial charge is 0.228 e. The lowest BCUT2D eigenvalue weighted by atomic mass is 10.0. The molecule has 0 radical (unpaired) electrons. The fraction of sp³-hybridized carbons (Fsp3) is 0.350. The van der Waals surface area contributed by atoms with E-state index in [9.17, 15) is 14.0 Å². The van der Waals surface area contributed by atoms with E-state index in [0.29, 0.717) is 13.1 Å². The standard InChI is InChI=1S/C20H22FN3O2/c1-14(15-6-8-17(21)9-7-15)23(2)20(26)16-11-19(25)24(12-16)13-18-5-3-4-10-22-18/h3-10,14,16H,11-13H2,1-2H3/t14-,16-/m0/s1. The van der Waals surface area contributed by atoms with Crippen molar-refractivity contribution in [3.63, 3.8) is 0 Å². The number of amides is 2. The summed E-state index contributed by atoms with van der Waals surface area (Å²) >= 11 is 0. The van der Waals surface area contributed by atoms with Gasteiger partial charge in [0, 0.05) is 26.2 Å². The Labute approximate surface area is 152 Å². The van der Waals surface area contributed by atoms with Gasteiger partial charge in [-0.15, -0.1) is 0 Å². The Hall–Kier alpha value is -2.76. The Morgan fingerprint density at radius 2 is 2.04 bits per heavy atom. The molecule has 1 aliphatic rings. The molecule has 2 atom stereocenters. The molecule has 1 fully saturated rings. The first-order valence-electron chi connectivity index (χ1n) is 8.65. The molecule has 1 saturated heterocycles. The molecule has 26 heavy (non-hydrogen) atoms. The molecule has 1 aromatic heterocycles. The van der Waals surface area contributed by atoms with Crippen LogP contribution in [0.2, 0.25) is 0 Å². The fourth-order valence-corrected chi connectivity index (χ4v) is 3.22. The van der Waals surface area contributed by atoms with Crippen molar-refractivity contribution in [3.05, 3.63) is 65.7 Å². The van der Waals surface area contributed by atoms with Crippen molar-refractivity contribution in [1.82, 2.24) is 14.8 Å². The highest BCUT2D eigenvalue weighted by molar-refractivity contribution is 5.89. The quantitative estimate of drug-likeness (QED) is 0.829. The number of pyridine rings is 1. The van der Waals surface area contributed by atoms with Crippen LogP contribution in [-0.4, -0.2) is 40.2 Å². The molecule has 2 heterocycles. The number of carbonyl (C=O) groups excluding carboxylic acids is 2. The van der Waals surface area contributed by atoms with E-state index in [0.717, 1.165) is 11.3 Å². The number of nitrogens with zero attached hydrogens (tertiary/aromatic N) is 3. The largest absolute Gasteiger partial charge is 0.339 e. The average molecular weight is 355 g/mol. The SMILES string of the molecule is C[C@@H](c1ccc(F)cc1)N(C)C(=O)[C@H]1CC(=O)N(Cc2ccccn2)C1. The molecule has 1 aromatic carbocycles. The summed E-state index contributed by atoms with van der Waals surface area (Å²) in [5.74, 6) is -0.767. The molecule has 0 N–H and O–H groups in total. The second-order valence-electron chi connectivity index (χ2n) is 6.67. The molecule has 5 nitrogen and oxygen atoms in total. The number of benzene rings is 1. The fourth-order valence-electron chi connectivity index (χ4n) is 3.22. The lowest BCUT2D eigenvalue weighted by molar-refractivity contribution is -0.136. The molecule has 0 bridgehead atoms. The molecule has 3 rings (SSSR count). The van der Waals surface area contributed by atoms with E-state index in [-0.39, 0.29) is 36.0 Å². The van der Waals surface area contributed by atoms with Crippen LogP contribution in [0.15, 0.2) is 48.7 Å². The molecule has 1 aliphatic heterocycles. The van der Waals surface area contributed by atoms with Crippen LogP contribution in [0.3, 0.4) is 0 Å². The first-order valence-corrected chi connectivity index (χ1v) is 8.65. The summed E-state index contributed by atoms with van der Waals surface area (Å²) in [4.78, 5) is 32.7. The number of aromatic nitrogens is 1. The minimum atomic E-state index is -0.362. The third kappa shape index (κ3) is 3.90. The van der Waals surface area contributed by atoms with Crippen LogP contribution < -0.4 is 0 Å². The minimum Gasteiger partial charge on any atom is -0.339 e. The van der Waals surface area contributed by atoms with Crippen LogP contribution >= 0.6 is 0 Å². The van der Waals surface area contributed by atoms with Crippen molar-refractivity contribution in [2.24, 2.45) is 5.92 Å². The van der Waals surface area contributed by atoms with Crippen LogP contribution in [-0.2, 0) is 16.1 Å². The monoisotopic (exact) mass is 355 g/mol. The summed E-state index contributed by atoms with van der Waals surface area (Å²) in [6, 6.07) is 11.5. The summed E-state index contributed by atoms with van der Waals surface area (Å²) < 4.78 is 13.1. The van der Waals surface area contributed by atoms with Gasteiger partial charge in [0.1, 0.15) is 5.82 Å². The van der Waals surface area contributed by atoms with E-state index in [1.807, 2.05) is 25.1 Å². The summed E-state index contributed by atoms with van der Waals surface area (Å²) in [6.07, 6.45) is 1.91. The highest BCUT2D eigenvalue weighted by Gasteiger charge is 2.36. The van der Waals surface area contributed by atoms with E-state index in [1.54, 1.807) is 35.2 Å². The zero-order chi connectivity index (χ0) is 18.7. The van der Waals surface area contributed by atoms with Gasteiger partial charge in [-0.25, -0.2) is 4.39 Å². The summed E-state index contributed by atoms with van der Waals surface area (Å²) in [5, 5.41) is 0. The van der Waals surface area contributed by atoms with Gasteiger partial charge in [0.25, 0.3) is 0 Å². The molecule has 0 spiro atoms. The molecule has 2 aromatic rings. The van der Waals surface area contributed by atoms with Crippen molar-refractivity contribution in [3.8, 4) is 0 Å². The van der Waals surface area contributed by atoms with Gasteiger partial charge < -0.3 is 9.80 Å². The van der Waals surface area contributed by atoms with Crippen LogP contribution in [0.4, 0.5) is 4.39 Å². The number of hydrogen-bond acceptors (Lipinski definition) is 3. The van der Waals surface area contributed by atoms with E-state index in [2.05, 4.69) is 4.98 Å². The first-order chi connectivity index (χ1) is 12.5. The number of halogens is 1. The van der Waals surface area contributed by atoms with E-state index >= 15 is 0 Å². The number of likely N-dealkylation sites (tertiary alicyclic amines) is 1. The lowest BCUT2D eigenvalue weighted by Crippen LogP contribution is -2.36. The van der Waals surface area contributed by atoms with Crippen molar-refractivity contribution in [1.29, 1.82) is 0 Å². The molecular weight excluding hydrogens is 333 g/mol. The maximum absolute atomic E-state index is 13.1. The summed E-state index contributed by atoms with van der Waals surface area (Å²) in [5.41, 5.74) is 1.67. The van der Waals surface area contributed by atoms with Crippen molar-refractivity contribution in [2.45, 2.75) is 25.9 Å². The second kappa shape index (κ2) is 7.64. The van der Waals surface area contributed by atoms with Gasteiger partial charge in [-0.1, -0.05) is 18.2 Å². The molecule has 136 valence electrons. The van der Waals surface area contributed by atoms with Gasteiger partial charge in [-0.3, -0.25) is 14.6 Å². The maximum atomic E-state index is 13.1. The highest BCUT2D eigenvalue weighted by atomic mass is 19.1. The van der Waals surface area contributed by atoms with Gasteiger partial charge in [0.2, 0.25) is 11.8 Å². The Morgan fingerprint density at radius 3 is 2.69 bits per heavy atom. The van der Waals surface area contributed by atoms with Crippen LogP contribution in [0.25, 0.3) is 0 Å². The third-order valence-electron chi connectivity index (χ3n) is 4.92. The Balaban J connectivity index is 1.64. The normalized spacial score (nSPS) is 18.0. The summed E-state index contributed by atoms with van der Waals surface area (Å²) in [7, 11) is 1.72. The molecule has 0 unspecified atom stereocenters. The molecule has 2 amide bonds. The van der Waals surface area contributed by atoms with Crippen LogP contribution in [0.1, 0.15) is 30.6 Å². The average Bonchev–Trinajstić information content (AvgIpc) is 3.02. The predicted molar refractivity (Wildman–Crippen MR) is 95.3 cm³/mol. The molecule has 0 aliphatic carbocycles. The van der Waals surface area contributed by atoms with E-state index in [4.69, 9.17) is 0 Å². The molecular formula is C20H22FN3O2. The van der Waals surface area contributed by atoms with Gasteiger partial charge in [-0.2, -0.15) is 0 Å². The Morgan fingerprint density at radius 1 is 1.31 bits per heavy atom. The van der Waals surface area contributed by atoms with Gasteiger partial charge in [0.15, 0.2) is 0 Å². The topological polar surface area (TPSA) is 53.5 Å². The molecule has 0 saturated carbocycles. The van der Waals surface area contributed by atoms with Crippen molar-refractivity contribution < 1.29 is 14.0 Å². The van der Waals surface area contributed by atoms with E-state index < -0.39 is 0 Å². The second-order valence-corrected chi connectivity index (χ2v) is 6.67. The lowest BCUT2D eigenvalue weighted by Gasteiger charge is -2.28. The number of carbonyl (C=O) groups is 2. The summed E-state index contributed by atoms with van der Waals surface area (Å²) in [6.45, 7) is 2.71. The van der Waals surface area contributed by atoms with Crippen molar-refractivity contribution >= 4 is 11.8 Å². The zero-order valence-corrected chi connectivity index (χ0v) is 14.9. The van der Waals surface area contributed by atoms with Gasteiger partial charge in [0.05, 0.1) is 24.2 Å². The van der Waals surface area contributed by atoms with Gasteiger partial charge >= 0.3 is 0 Å². The Kier molecular flexibility index (Phi) is 5.30. The van der Waals surface area contributed by atoms with Gasteiger partial charge in [-0.05, 0) is 36.8 Å².